The van der Waals surface area contributed by atoms with Gasteiger partial charge in [0.05, 0.1) is 12.0 Å². The summed E-state index contributed by atoms with van der Waals surface area (Å²) in [6.07, 6.45) is 0.875. The monoisotopic (exact) mass is 228 g/mol. The van der Waals surface area contributed by atoms with Crippen LogP contribution in [-0.4, -0.2) is 28.5 Å². The highest BCUT2D eigenvalue weighted by atomic mass is 16.5. The number of aliphatic hydroxyl groups excluding tert-OH is 1. The van der Waals surface area contributed by atoms with Gasteiger partial charge in [-0.1, -0.05) is 25.9 Å². The van der Waals surface area contributed by atoms with E-state index in [9.17, 15) is 5.11 Å². The Kier molecular flexibility index (Phi) is 4.89. The normalized spacial score (nSPS) is 17.1. The zero-order chi connectivity index (χ0) is 12.1. The summed E-state index contributed by atoms with van der Waals surface area (Å²) in [6.45, 7) is 5.79. The van der Waals surface area contributed by atoms with Gasteiger partial charge in [0, 0.05) is 7.11 Å². The van der Waals surface area contributed by atoms with Crippen molar-refractivity contribution in [1.29, 1.82) is 0 Å². The average Bonchev–Trinajstić information content (AvgIpc) is 2.78. The molecule has 1 aromatic heterocycles. The molecule has 0 fully saturated rings. The summed E-state index contributed by atoms with van der Waals surface area (Å²) in [5.74, 6) is 0.885. The van der Waals surface area contributed by atoms with Gasteiger partial charge in [-0.3, -0.25) is 0 Å². The standard InChI is InChI=1S/C11H20N2O3/c1-5-8(14)7(3)11-12-10(13-16-11)9(6-2)15-4/h7-9,14H,5-6H2,1-4H3. The van der Waals surface area contributed by atoms with Crippen LogP contribution in [0.15, 0.2) is 4.52 Å². The van der Waals surface area contributed by atoms with Gasteiger partial charge < -0.3 is 14.4 Å². The van der Waals surface area contributed by atoms with Crippen molar-refractivity contribution < 1.29 is 14.4 Å². The molecule has 3 unspecified atom stereocenters. The summed E-state index contributed by atoms with van der Waals surface area (Å²) in [4.78, 5) is 4.26. The first-order valence-electron chi connectivity index (χ1n) is 5.68. The van der Waals surface area contributed by atoms with Gasteiger partial charge in [0.15, 0.2) is 0 Å². The predicted octanol–water partition coefficient (Wildman–Crippen LogP) is 2.04. The summed E-state index contributed by atoms with van der Waals surface area (Å²) in [5.41, 5.74) is 0. The Morgan fingerprint density at radius 2 is 2.06 bits per heavy atom. The van der Waals surface area contributed by atoms with Crippen LogP contribution in [0, 0.1) is 0 Å². The quantitative estimate of drug-likeness (QED) is 0.807. The average molecular weight is 228 g/mol. The molecule has 1 aromatic rings. The molecule has 0 radical (unpaired) electrons. The van der Waals surface area contributed by atoms with E-state index in [1.54, 1.807) is 7.11 Å². The van der Waals surface area contributed by atoms with Crippen LogP contribution in [-0.2, 0) is 4.74 Å². The number of hydrogen-bond donors (Lipinski definition) is 1. The van der Waals surface area contributed by atoms with Crippen molar-refractivity contribution in [3.8, 4) is 0 Å². The lowest BCUT2D eigenvalue weighted by molar-refractivity contribution is 0.0903. The highest BCUT2D eigenvalue weighted by Crippen LogP contribution is 2.23. The molecule has 0 aliphatic heterocycles. The predicted molar refractivity (Wildman–Crippen MR) is 59.1 cm³/mol. The third-order valence-electron chi connectivity index (χ3n) is 2.79. The topological polar surface area (TPSA) is 68.4 Å². The van der Waals surface area contributed by atoms with Gasteiger partial charge in [0.2, 0.25) is 11.7 Å². The SMILES string of the molecule is CCC(OC)c1noc(C(C)C(O)CC)n1. The number of aromatic nitrogens is 2. The highest BCUT2D eigenvalue weighted by molar-refractivity contribution is 4.97. The molecule has 0 saturated heterocycles. The van der Waals surface area contributed by atoms with Gasteiger partial charge in [0.25, 0.3) is 0 Å². The molecule has 1 heterocycles. The van der Waals surface area contributed by atoms with E-state index in [2.05, 4.69) is 10.1 Å². The largest absolute Gasteiger partial charge is 0.392 e. The lowest BCUT2D eigenvalue weighted by Crippen LogP contribution is -2.15. The molecule has 1 N–H and O–H groups in total. The maximum Gasteiger partial charge on any atom is 0.232 e. The van der Waals surface area contributed by atoms with Crippen molar-refractivity contribution >= 4 is 0 Å². The molecule has 0 aliphatic rings. The minimum atomic E-state index is -0.448. The van der Waals surface area contributed by atoms with E-state index < -0.39 is 6.10 Å². The van der Waals surface area contributed by atoms with Crippen LogP contribution in [0.25, 0.3) is 0 Å². The molecule has 16 heavy (non-hydrogen) atoms. The zero-order valence-electron chi connectivity index (χ0n) is 10.3. The molecule has 0 aliphatic carbocycles. The minimum Gasteiger partial charge on any atom is -0.392 e. The Labute approximate surface area is 95.8 Å². The maximum atomic E-state index is 9.68. The van der Waals surface area contributed by atoms with E-state index in [0.717, 1.165) is 6.42 Å². The Morgan fingerprint density at radius 3 is 2.56 bits per heavy atom. The number of hydrogen-bond acceptors (Lipinski definition) is 5. The zero-order valence-corrected chi connectivity index (χ0v) is 10.3. The molecule has 92 valence electrons. The second-order valence-corrected chi connectivity index (χ2v) is 3.89. The fraction of sp³-hybridized carbons (Fsp3) is 0.818. The molecule has 0 saturated carbocycles. The van der Waals surface area contributed by atoms with Crippen molar-refractivity contribution in [3.63, 3.8) is 0 Å². The van der Waals surface area contributed by atoms with E-state index in [4.69, 9.17) is 9.26 Å². The number of aliphatic hydroxyl groups is 1. The first-order valence-corrected chi connectivity index (χ1v) is 5.68. The molecule has 0 bridgehead atoms. The number of nitrogens with zero attached hydrogens (tertiary/aromatic N) is 2. The van der Waals surface area contributed by atoms with Gasteiger partial charge in [-0.25, -0.2) is 0 Å². The summed E-state index contributed by atoms with van der Waals surface area (Å²) >= 11 is 0. The first kappa shape index (κ1) is 13.1. The molecule has 1 rings (SSSR count). The molecular weight excluding hydrogens is 208 g/mol. The van der Waals surface area contributed by atoms with Gasteiger partial charge in [-0.2, -0.15) is 4.98 Å². The van der Waals surface area contributed by atoms with Crippen LogP contribution in [0.2, 0.25) is 0 Å². The van der Waals surface area contributed by atoms with Gasteiger partial charge in [-0.15, -0.1) is 0 Å². The van der Waals surface area contributed by atoms with E-state index in [-0.39, 0.29) is 12.0 Å². The van der Waals surface area contributed by atoms with Gasteiger partial charge >= 0.3 is 0 Å². The maximum absolute atomic E-state index is 9.68. The second-order valence-electron chi connectivity index (χ2n) is 3.89. The third-order valence-corrected chi connectivity index (χ3v) is 2.79. The van der Waals surface area contributed by atoms with Crippen molar-refractivity contribution in [3.05, 3.63) is 11.7 Å². The van der Waals surface area contributed by atoms with E-state index in [1.165, 1.54) is 0 Å². The van der Waals surface area contributed by atoms with Crippen LogP contribution < -0.4 is 0 Å². The third kappa shape index (κ3) is 2.80. The van der Waals surface area contributed by atoms with Crippen molar-refractivity contribution in [1.82, 2.24) is 10.1 Å². The Bertz CT molecular complexity index is 310. The summed E-state index contributed by atoms with van der Waals surface area (Å²) in [5, 5.41) is 13.6. The molecule has 0 aromatic carbocycles. The first-order chi connectivity index (χ1) is 7.63. The number of rotatable bonds is 6. The fourth-order valence-corrected chi connectivity index (χ4v) is 1.54. The van der Waals surface area contributed by atoms with Crippen molar-refractivity contribution in [2.75, 3.05) is 7.11 Å². The van der Waals surface area contributed by atoms with E-state index in [0.29, 0.717) is 18.1 Å². The van der Waals surface area contributed by atoms with Crippen molar-refractivity contribution in [2.45, 2.75) is 51.7 Å². The summed E-state index contributed by atoms with van der Waals surface area (Å²) in [6, 6.07) is 0. The molecule has 0 spiro atoms. The lowest BCUT2D eigenvalue weighted by Gasteiger charge is -2.12. The number of ether oxygens (including phenoxy) is 1. The van der Waals surface area contributed by atoms with Crippen LogP contribution in [0.1, 0.15) is 57.3 Å². The Morgan fingerprint density at radius 1 is 1.38 bits per heavy atom. The smallest absolute Gasteiger partial charge is 0.232 e. The fourth-order valence-electron chi connectivity index (χ4n) is 1.54. The molecule has 0 amide bonds. The van der Waals surface area contributed by atoms with E-state index in [1.807, 2.05) is 20.8 Å². The highest BCUT2D eigenvalue weighted by Gasteiger charge is 2.23. The van der Waals surface area contributed by atoms with Crippen LogP contribution in [0.3, 0.4) is 0 Å². The van der Waals surface area contributed by atoms with Crippen LogP contribution in [0.5, 0.6) is 0 Å². The molecular formula is C11H20N2O3. The molecule has 5 nitrogen and oxygen atoms in total. The summed E-state index contributed by atoms with van der Waals surface area (Å²) in [7, 11) is 1.62. The van der Waals surface area contributed by atoms with Crippen LogP contribution >= 0.6 is 0 Å². The van der Waals surface area contributed by atoms with Crippen molar-refractivity contribution in [2.24, 2.45) is 0 Å². The van der Waals surface area contributed by atoms with Gasteiger partial charge in [0.1, 0.15) is 6.10 Å². The Hall–Kier alpha value is -0.940. The molecule has 3 atom stereocenters. The number of methoxy groups -OCH3 is 1. The van der Waals surface area contributed by atoms with Gasteiger partial charge in [-0.05, 0) is 12.8 Å². The summed E-state index contributed by atoms with van der Waals surface area (Å²) < 4.78 is 10.4. The molecule has 5 heteroatoms. The van der Waals surface area contributed by atoms with Crippen LogP contribution in [0.4, 0.5) is 0 Å². The Balaban J connectivity index is 2.77. The second kappa shape index (κ2) is 5.96. The lowest BCUT2D eigenvalue weighted by atomic mass is 10.0. The van der Waals surface area contributed by atoms with E-state index >= 15 is 0 Å². The minimum absolute atomic E-state index is 0.136.